The van der Waals surface area contributed by atoms with Gasteiger partial charge in [0.2, 0.25) is 0 Å². The van der Waals surface area contributed by atoms with Crippen LogP contribution in [0.5, 0.6) is 0 Å². The highest BCUT2D eigenvalue weighted by molar-refractivity contribution is 8.00. The second kappa shape index (κ2) is 8.84. The number of hydrogen-bond donors (Lipinski definition) is 0. The van der Waals surface area contributed by atoms with E-state index in [4.69, 9.17) is 9.47 Å². The molecule has 8 heteroatoms. The van der Waals surface area contributed by atoms with Crippen LogP contribution in [0, 0.1) is 0 Å². The van der Waals surface area contributed by atoms with Crippen molar-refractivity contribution in [3.05, 3.63) is 65.2 Å². The quantitative estimate of drug-likeness (QED) is 0.587. The number of ether oxygens (including phenoxy) is 2. The lowest BCUT2D eigenvalue weighted by atomic mass is 9.89. The molecule has 0 radical (unpaired) electrons. The van der Waals surface area contributed by atoms with Crippen LogP contribution in [0.2, 0.25) is 0 Å². The van der Waals surface area contributed by atoms with Gasteiger partial charge in [-0.2, -0.15) is 13.2 Å². The fraction of sp³-hybridized carbons (Fsp3) is 0.435. The first kappa shape index (κ1) is 22.2. The summed E-state index contributed by atoms with van der Waals surface area (Å²) in [5.74, 6) is 0.245. The third-order valence-electron chi connectivity index (χ3n) is 6.09. The summed E-state index contributed by atoms with van der Waals surface area (Å²) in [6.45, 7) is 2.28. The molecule has 2 fully saturated rings. The van der Waals surface area contributed by atoms with E-state index in [0.717, 1.165) is 24.0 Å². The molecule has 166 valence electrons. The number of nitrogens with zero attached hydrogens (tertiary/aromatic N) is 1. The van der Waals surface area contributed by atoms with Gasteiger partial charge in [0.1, 0.15) is 5.60 Å². The van der Waals surface area contributed by atoms with E-state index in [2.05, 4.69) is 0 Å². The molecule has 0 spiro atoms. The van der Waals surface area contributed by atoms with Crippen molar-refractivity contribution in [3.63, 3.8) is 0 Å². The van der Waals surface area contributed by atoms with Crippen LogP contribution in [0.1, 0.15) is 40.2 Å². The third kappa shape index (κ3) is 4.91. The predicted molar refractivity (Wildman–Crippen MR) is 112 cm³/mol. The molecule has 2 heterocycles. The first-order valence-corrected chi connectivity index (χ1v) is 11.0. The largest absolute Gasteiger partial charge is 0.446 e. The molecule has 2 saturated heterocycles. The zero-order valence-electron chi connectivity index (χ0n) is 17.2. The molecule has 0 saturated carbocycles. The Morgan fingerprint density at radius 3 is 2.16 bits per heavy atom. The van der Waals surface area contributed by atoms with Crippen molar-refractivity contribution in [1.82, 2.24) is 4.90 Å². The molecule has 4 nitrogen and oxygen atoms in total. The summed E-state index contributed by atoms with van der Waals surface area (Å²) < 4.78 is 48.3. The summed E-state index contributed by atoms with van der Waals surface area (Å²) in [5.41, 5.74) is -2.02. The number of rotatable bonds is 5. The maximum atomic E-state index is 12.9. The smallest absolute Gasteiger partial charge is 0.375 e. The number of alkyl halides is 3. The minimum absolute atomic E-state index is 0.00162. The minimum Gasteiger partial charge on any atom is -0.375 e. The van der Waals surface area contributed by atoms with E-state index >= 15 is 0 Å². The Hall–Kier alpha value is -2.03. The lowest BCUT2D eigenvalue weighted by Gasteiger charge is -2.40. The topological polar surface area (TPSA) is 38.8 Å². The minimum atomic E-state index is -4.28. The molecule has 0 unspecified atom stereocenters. The van der Waals surface area contributed by atoms with E-state index in [-0.39, 0.29) is 28.5 Å². The summed E-state index contributed by atoms with van der Waals surface area (Å²) in [5, 5.41) is 0. The van der Waals surface area contributed by atoms with Gasteiger partial charge in [0.05, 0.1) is 13.2 Å². The fourth-order valence-electron chi connectivity index (χ4n) is 4.15. The van der Waals surface area contributed by atoms with E-state index in [1.165, 1.54) is 12.1 Å². The molecule has 0 atom stereocenters. The number of carbonyl (C=O) groups excluding carboxylic acids is 1. The third-order valence-corrected chi connectivity index (χ3v) is 6.83. The first-order valence-electron chi connectivity index (χ1n) is 10.2. The second-order valence-electron chi connectivity index (χ2n) is 7.95. The molecule has 0 bridgehead atoms. The Morgan fingerprint density at radius 2 is 1.68 bits per heavy atom. The molecule has 2 aromatic rings. The number of piperidine rings is 1. The van der Waals surface area contributed by atoms with Gasteiger partial charge in [-0.3, -0.25) is 4.79 Å². The number of benzene rings is 2. The van der Waals surface area contributed by atoms with Gasteiger partial charge in [-0.15, -0.1) is 0 Å². The highest BCUT2D eigenvalue weighted by atomic mass is 32.2. The number of hydrogen-bond acceptors (Lipinski definition) is 4. The van der Waals surface area contributed by atoms with Crippen LogP contribution in [-0.2, 0) is 15.1 Å². The van der Waals surface area contributed by atoms with Gasteiger partial charge in [-0.1, -0.05) is 24.3 Å². The fourth-order valence-corrected chi connectivity index (χ4v) is 4.69. The molecule has 0 aliphatic carbocycles. The zero-order chi connectivity index (χ0) is 22.1. The van der Waals surface area contributed by atoms with Gasteiger partial charge >= 0.3 is 5.51 Å². The molecule has 2 aromatic carbocycles. The van der Waals surface area contributed by atoms with Crippen molar-refractivity contribution in [2.45, 2.75) is 34.8 Å². The van der Waals surface area contributed by atoms with Crippen molar-refractivity contribution in [1.29, 1.82) is 0 Å². The number of likely N-dealkylation sites (tertiary alicyclic amines) is 1. The van der Waals surface area contributed by atoms with E-state index in [9.17, 15) is 18.0 Å². The molecule has 2 aliphatic rings. The van der Waals surface area contributed by atoms with Crippen molar-refractivity contribution >= 4 is 17.7 Å². The van der Waals surface area contributed by atoms with E-state index in [0.29, 0.717) is 31.9 Å². The van der Waals surface area contributed by atoms with Crippen LogP contribution in [0.4, 0.5) is 13.2 Å². The van der Waals surface area contributed by atoms with Gasteiger partial charge in [0, 0.05) is 30.7 Å². The summed E-state index contributed by atoms with van der Waals surface area (Å²) in [6.07, 6.45) is 1.58. The lowest BCUT2D eigenvalue weighted by molar-refractivity contribution is -0.202. The number of thioether (sulfide) groups is 1. The van der Waals surface area contributed by atoms with Crippen LogP contribution >= 0.6 is 11.8 Å². The summed E-state index contributed by atoms with van der Waals surface area (Å²) in [4.78, 5) is 14.9. The molecule has 2 aliphatic heterocycles. The van der Waals surface area contributed by atoms with E-state index in [1.54, 1.807) is 19.2 Å². The maximum absolute atomic E-state index is 12.9. The van der Waals surface area contributed by atoms with Crippen LogP contribution in [0.15, 0.2) is 53.4 Å². The van der Waals surface area contributed by atoms with E-state index in [1.807, 2.05) is 29.2 Å². The first-order chi connectivity index (χ1) is 14.8. The predicted octanol–water partition coefficient (Wildman–Crippen LogP) is 5.19. The number of methoxy groups -OCH3 is 1. The van der Waals surface area contributed by atoms with Crippen LogP contribution in [0.3, 0.4) is 0 Å². The van der Waals surface area contributed by atoms with Gasteiger partial charge in [0.15, 0.2) is 0 Å². The standard InChI is InChI=1S/C23H24F3NO3S/c1-29-22(14-30-15-22)19-6-2-18(3-7-19)21(28)27-12-10-17(11-13-27)16-4-8-20(9-5-16)31-23(24,25)26/h2-9,17H,10-15H2,1H3. The average molecular weight is 452 g/mol. The maximum Gasteiger partial charge on any atom is 0.446 e. The number of halogens is 3. The van der Waals surface area contributed by atoms with Crippen molar-refractivity contribution in [3.8, 4) is 0 Å². The second-order valence-corrected chi connectivity index (χ2v) is 9.09. The van der Waals surface area contributed by atoms with Crippen molar-refractivity contribution in [2.75, 3.05) is 33.4 Å². The highest BCUT2D eigenvalue weighted by Crippen LogP contribution is 2.38. The SMILES string of the molecule is COC1(c2ccc(C(=O)N3CCC(c4ccc(SC(F)(F)F)cc4)CC3)cc2)COC1. The van der Waals surface area contributed by atoms with Gasteiger partial charge in [-0.05, 0) is 65.9 Å². The molecule has 0 aromatic heterocycles. The Balaban J connectivity index is 1.34. The van der Waals surface area contributed by atoms with Gasteiger partial charge in [-0.25, -0.2) is 0 Å². The Bertz CT molecular complexity index is 898. The van der Waals surface area contributed by atoms with Crippen LogP contribution < -0.4 is 0 Å². The van der Waals surface area contributed by atoms with Crippen molar-refractivity contribution in [2.24, 2.45) is 0 Å². The Labute approximate surface area is 183 Å². The van der Waals surface area contributed by atoms with Crippen LogP contribution in [-0.4, -0.2) is 49.7 Å². The lowest BCUT2D eigenvalue weighted by Crippen LogP contribution is -2.48. The molecular formula is C23H24F3NO3S. The molecular weight excluding hydrogens is 427 g/mol. The van der Waals surface area contributed by atoms with Gasteiger partial charge < -0.3 is 14.4 Å². The monoisotopic (exact) mass is 451 g/mol. The molecule has 1 amide bonds. The Kier molecular flexibility index (Phi) is 6.32. The van der Waals surface area contributed by atoms with Gasteiger partial charge in [0.25, 0.3) is 5.91 Å². The summed E-state index contributed by atoms with van der Waals surface area (Å²) >= 11 is -0.101. The normalized spacial score (nSPS) is 19.2. The summed E-state index contributed by atoms with van der Waals surface area (Å²) in [6, 6.07) is 14.1. The molecule has 31 heavy (non-hydrogen) atoms. The van der Waals surface area contributed by atoms with Crippen molar-refractivity contribution < 1.29 is 27.4 Å². The number of carbonyl (C=O) groups is 1. The number of amides is 1. The molecule has 0 N–H and O–H groups in total. The Morgan fingerprint density at radius 1 is 1.06 bits per heavy atom. The zero-order valence-corrected chi connectivity index (χ0v) is 18.0. The molecule has 4 rings (SSSR count). The average Bonchev–Trinajstić information content (AvgIpc) is 2.73. The van der Waals surface area contributed by atoms with E-state index < -0.39 is 11.1 Å². The highest BCUT2D eigenvalue weighted by Gasteiger charge is 2.40. The summed E-state index contributed by atoms with van der Waals surface area (Å²) in [7, 11) is 1.66. The van der Waals surface area contributed by atoms with Crippen LogP contribution in [0.25, 0.3) is 0 Å².